The Labute approximate surface area is 203 Å². The SMILES string of the molecule is COC[C@@]1(O)CC[C@@]2(C)[C@@H](CC[C@@H]3[C@@H]2CC[C@]2(C)[C@@H](C(=O)CSc4ccncc4)CC[C@@H]32)C1. The van der Waals surface area contributed by atoms with Crippen LogP contribution in [-0.4, -0.2) is 40.9 Å². The third kappa shape index (κ3) is 4.10. The first-order chi connectivity index (χ1) is 15.8. The van der Waals surface area contributed by atoms with Gasteiger partial charge in [-0.2, -0.15) is 0 Å². The van der Waals surface area contributed by atoms with E-state index in [1.165, 1.54) is 32.1 Å². The van der Waals surface area contributed by atoms with Crippen molar-refractivity contribution in [3.05, 3.63) is 24.5 Å². The van der Waals surface area contributed by atoms with Crippen LogP contribution in [0.2, 0.25) is 0 Å². The van der Waals surface area contributed by atoms with Gasteiger partial charge in [-0.05, 0) is 104 Å². The van der Waals surface area contributed by atoms with Gasteiger partial charge in [-0.3, -0.25) is 9.78 Å². The average Bonchev–Trinajstić information content (AvgIpc) is 3.16. The lowest BCUT2D eigenvalue weighted by Crippen LogP contribution is -2.56. The van der Waals surface area contributed by atoms with Gasteiger partial charge in [0.15, 0.2) is 0 Å². The van der Waals surface area contributed by atoms with Crippen molar-refractivity contribution in [3.8, 4) is 0 Å². The van der Waals surface area contributed by atoms with E-state index < -0.39 is 5.60 Å². The van der Waals surface area contributed by atoms with Crippen LogP contribution in [0.5, 0.6) is 0 Å². The fraction of sp³-hybridized carbons (Fsp3) is 0.786. The minimum atomic E-state index is -0.633. The Hall–Kier alpha value is -0.910. The van der Waals surface area contributed by atoms with Gasteiger partial charge < -0.3 is 9.84 Å². The highest BCUT2D eigenvalue weighted by atomic mass is 32.2. The molecule has 4 aliphatic rings. The van der Waals surface area contributed by atoms with Crippen molar-refractivity contribution in [3.63, 3.8) is 0 Å². The number of ether oxygens (including phenoxy) is 1. The Kier molecular flexibility index (Phi) is 6.46. The number of aromatic nitrogens is 1. The fourth-order valence-corrected chi connectivity index (χ4v) is 9.76. The zero-order valence-electron chi connectivity index (χ0n) is 20.6. The third-order valence-electron chi connectivity index (χ3n) is 10.7. The van der Waals surface area contributed by atoms with Crippen LogP contribution in [0.25, 0.3) is 0 Å². The summed E-state index contributed by atoms with van der Waals surface area (Å²) < 4.78 is 5.37. The normalized spacial score (nSPS) is 44.5. The van der Waals surface area contributed by atoms with E-state index in [4.69, 9.17) is 4.74 Å². The molecule has 0 unspecified atom stereocenters. The molecule has 4 nitrogen and oxygen atoms in total. The molecule has 33 heavy (non-hydrogen) atoms. The number of rotatable bonds is 6. The summed E-state index contributed by atoms with van der Waals surface area (Å²) >= 11 is 1.67. The highest BCUT2D eigenvalue weighted by Crippen LogP contribution is 2.68. The smallest absolute Gasteiger partial charge is 0.146 e. The van der Waals surface area contributed by atoms with Gasteiger partial charge in [0.2, 0.25) is 0 Å². The van der Waals surface area contributed by atoms with Crippen LogP contribution in [0.15, 0.2) is 29.4 Å². The topological polar surface area (TPSA) is 59.4 Å². The van der Waals surface area contributed by atoms with Crippen molar-refractivity contribution in [2.24, 2.45) is 40.4 Å². The van der Waals surface area contributed by atoms with Crippen molar-refractivity contribution in [2.45, 2.75) is 82.1 Å². The summed E-state index contributed by atoms with van der Waals surface area (Å²) in [7, 11) is 1.71. The number of Topliss-reactive ketones (excluding diaryl/α,β-unsaturated/α-hetero) is 1. The van der Waals surface area contributed by atoms with E-state index in [-0.39, 0.29) is 11.3 Å². The fourth-order valence-electron chi connectivity index (χ4n) is 8.94. The second-order valence-electron chi connectivity index (χ2n) is 12.1. The van der Waals surface area contributed by atoms with Gasteiger partial charge in [0.05, 0.1) is 18.0 Å². The van der Waals surface area contributed by atoms with E-state index in [0.717, 1.165) is 42.4 Å². The van der Waals surface area contributed by atoms with Crippen molar-refractivity contribution >= 4 is 17.5 Å². The average molecular weight is 472 g/mol. The number of methoxy groups -OCH3 is 1. The molecule has 1 aromatic heterocycles. The number of hydrogen-bond donors (Lipinski definition) is 1. The number of ketones is 1. The molecule has 0 bridgehead atoms. The first-order valence-electron chi connectivity index (χ1n) is 13.1. The summed E-state index contributed by atoms with van der Waals surface area (Å²) in [4.78, 5) is 18.6. The Morgan fingerprint density at radius 1 is 1.06 bits per heavy atom. The van der Waals surface area contributed by atoms with Gasteiger partial charge >= 0.3 is 0 Å². The number of thioether (sulfide) groups is 1. The molecule has 5 rings (SSSR count). The highest BCUT2D eigenvalue weighted by molar-refractivity contribution is 8.00. The van der Waals surface area contributed by atoms with Crippen molar-refractivity contribution < 1.29 is 14.6 Å². The summed E-state index contributed by atoms with van der Waals surface area (Å²) in [5, 5.41) is 11.1. The lowest BCUT2D eigenvalue weighted by atomic mass is 9.44. The summed E-state index contributed by atoms with van der Waals surface area (Å²) in [5.41, 5.74) is -0.123. The molecular formula is C28H41NO3S. The number of nitrogens with zero attached hydrogens (tertiary/aromatic N) is 1. The number of fused-ring (bicyclic) bond motifs is 5. The summed E-state index contributed by atoms with van der Waals surface area (Å²) in [6.07, 6.45) is 13.8. The summed E-state index contributed by atoms with van der Waals surface area (Å²) in [5.74, 6) is 4.07. The maximum atomic E-state index is 13.4. The van der Waals surface area contributed by atoms with Gasteiger partial charge in [-0.1, -0.05) is 13.8 Å². The monoisotopic (exact) mass is 471 g/mol. The molecule has 1 N–H and O–H groups in total. The maximum absolute atomic E-state index is 13.4. The number of hydrogen-bond acceptors (Lipinski definition) is 5. The maximum Gasteiger partial charge on any atom is 0.146 e. The molecule has 0 radical (unpaired) electrons. The van der Waals surface area contributed by atoms with Crippen LogP contribution < -0.4 is 0 Å². The van der Waals surface area contributed by atoms with Crippen LogP contribution in [0.4, 0.5) is 0 Å². The van der Waals surface area contributed by atoms with Crippen LogP contribution in [0, 0.1) is 40.4 Å². The number of carbonyl (C=O) groups excluding carboxylic acids is 1. The summed E-state index contributed by atoms with van der Waals surface area (Å²) in [6.45, 7) is 5.45. The zero-order chi connectivity index (χ0) is 23.3. The minimum absolute atomic E-state index is 0.172. The van der Waals surface area contributed by atoms with Gasteiger partial charge in [0.1, 0.15) is 5.78 Å². The van der Waals surface area contributed by atoms with Crippen LogP contribution >= 0.6 is 11.8 Å². The Morgan fingerprint density at radius 3 is 2.58 bits per heavy atom. The van der Waals surface area contributed by atoms with Crippen molar-refractivity contribution in [2.75, 3.05) is 19.5 Å². The van der Waals surface area contributed by atoms with Gasteiger partial charge in [0, 0.05) is 30.3 Å². The molecule has 5 heteroatoms. The molecule has 4 fully saturated rings. The lowest BCUT2D eigenvalue weighted by Gasteiger charge is -2.62. The lowest BCUT2D eigenvalue weighted by molar-refractivity contribution is -0.163. The molecule has 0 aliphatic heterocycles. The Balaban J connectivity index is 1.28. The second-order valence-corrected chi connectivity index (χ2v) is 13.2. The van der Waals surface area contributed by atoms with Crippen molar-refractivity contribution in [1.82, 2.24) is 4.98 Å². The molecule has 0 spiro atoms. The molecule has 182 valence electrons. The van der Waals surface area contributed by atoms with E-state index in [1.807, 2.05) is 12.1 Å². The van der Waals surface area contributed by atoms with E-state index in [1.54, 1.807) is 31.3 Å². The Morgan fingerprint density at radius 2 is 1.82 bits per heavy atom. The largest absolute Gasteiger partial charge is 0.387 e. The molecule has 0 amide bonds. The van der Waals surface area contributed by atoms with Gasteiger partial charge in [-0.15, -0.1) is 11.8 Å². The third-order valence-corrected chi connectivity index (χ3v) is 11.7. The zero-order valence-corrected chi connectivity index (χ0v) is 21.4. The van der Waals surface area contributed by atoms with E-state index in [9.17, 15) is 9.90 Å². The number of aliphatic hydroxyl groups is 1. The van der Waals surface area contributed by atoms with Crippen LogP contribution in [0.1, 0.15) is 71.6 Å². The predicted octanol–water partition coefficient (Wildman–Crippen LogP) is 5.78. The minimum Gasteiger partial charge on any atom is -0.387 e. The summed E-state index contributed by atoms with van der Waals surface area (Å²) in [6, 6.07) is 4.00. The predicted molar refractivity (Wildman–Crippen MR) is 132 cm³/mol. The molecule has 1 heterocycles. The molecule has 0 saturated heterocycles. The number of carbonyl (C=O) groups is 1. The second kappa shape index (κ2) is 8.95. The van der Waals surface area contributed by atoms with Gasteiger partial charge in [-0.25, -0.2) is 0 Å². The molecular weight excluding hydrogens is 430 g/mol. The van der Waals surface area contributed by atoms with Crippen LogP contribution in [0.3, 0.4) is 0 Å². The van der Waals surface area contributed by atoms with E-state index >= 15 is 0 Å². The standard InChI is InChI=1S/C28H41NO3S/c1-26-12-13-28(31,18-32-3)16-19(26)4-5-21-22-6-7-24(27(22,2)11-8-23(21)26)25(30)17-33-20-9-14-29-15-10-20/h9-10,14-15,19,21-24,31H,4-8,11-13,16-18H2,1-3H3/t19-,21-,22-,23-,24+,26-,27-,28+/m0/s1. The Bertz CT molecular complexity index is 864. The molecule has 4 saturated carbocycles. The first-order valence-corrected chi connectivity index (χ1v) is 14.0. The van der Waals surface area contributed by atoms with Crippen molar-refractivity contribution in [1.29, 1.82) is 0 Å². The molecule has 0 aromatic carbocycles. The highest BCUT2D eigenvalue weighted by Gasteiger charge is 2.62. The molecule has 4 aliphatic carbocycles. The quantitative estimate of drug-likeness (QED) is 0.533. The van der Waals surface area contributed by atoms with E-state index in [0.29, 0.717) is 35.4 Å². The molecule has 1 aromatic rings. The first kappa shape index (κ1) is 23.8. The number of pyridine rings is 1. The molecule has 8 atom stereocenters. The van der Waals surface area contributed by atoms with E-state index in [2.05, 4.69) is 18.8 Å². The van der Waals surface area contributed by atoms with Crippen LogP contribution in [-0.2, 0) is 9.53 Å². The van der Waals surface area contributed by atoms with Gasteiger partial charge in [0.25, 0.3) is 0 Å².